The summed E-state index contributed by atoms with van der Waals surface area (Å²) in [4.78, 5) is 29.8. The smallest absolute Gasteiger partial charge is 0.253 e. The van der Waals surface area contributed by atoms with E-state index in [0.29, 0.717) is 43.9 Å². The van der Waals surface area contributed by atoms with Crippen LogP contribution in [0.3, 0.4) is 0 Å². The van der Waals surface area contributed by atoms with Crippen molar-refractivity contribution in [3.8, 4) is 0 Å². The van der Waals surface area contributed by atoms with E-state index in [2.05, 4.69) is 10.2 Å². The number of likely N-dealkylation sites (tertiary alicyclic amines) is 2. The fourth-order valence-corrected chi connectivity index (χ4v) is 4.72. The van der Waals surface area contributed by atoms with Crippen molar-refractivity contribution in [2.75, 3.05) is 26.2 Å². The van der Waals surface area contributed by atoms with Gasteiger partial charge in [-0.05, 0) is 44.7 Å². The SMILES string of the molecule is Cc1ccc(C(=O)N2CCC(C(=O)N3CCCC(c4nnc(CO)n4C)C3)CC2)cc1. The number of aromatic nitrogens is 3. The van der Waals surface area contributed by atoms with Crippen molar-refractivity contribution in [1.82, 2.24) is 24.6 Å². The maximum Gasteiger partial charge on any atom is 0.253 e. The first kappa shape index (κ1) is 21.5. The molecule has 2 fully saturated rings. The van der Waals surface area contributed by atoms with Crippen molar-refractivity contribution in [1.29, 1.82) is 0 Å². The molecule has 1 unspecified atom stereocenters. The summed E-state index contributed by atoms with van der Waals surface area (Å²) in [6.07, 6.45) is 3.31. The number of benzene rings is 1. The summed E-state index contributed by atoms with van der Waals surface area (Å²) in [6, 6.07) is 7.66. The Morgan fingerprint density at radius 2 is 1.74 bits per heavy atom. The van der Waals surface area contributed by atoms with Gasteiger partial charge in [0, 0.05) is 50.6 Å². The number of amides is 2. The molecule has 1 aromatic carbocycles. The molecule has 1 aromatic heterocycles. The van der Waals surface area contributed by atoms with Gasteiger partial charge in [-0.15, -0.1) is 10.2 Å². The van der Waals surface area contributed by atoms with Crippen LogP contribution in [-0.2, 0) is 18.4 Å². The van der Waals surface area contributed by atoms with Gasteiger partial charge in [-0.3, -0.25) is 9.59 Å². The Labute approximate surface area is 182 Å². The van der Waals surface area contributed by atoms with Crippen LogP contribution >= 0.6 is 0 Å². The van der Waals surface area contributed by atoms with E-state index in [-0.39, 0.29) is 30.3 Å². The molecule has 3 heterocycles. The number of aryl methyl sites for hydroxylation is 1. The minimum absolute atomic E-state index is 0.0340. The van der Waals surface area contributed by atoms with E-state index in [9.17, 15) is 14.7 Å². The number of aliphatic hydroxyl groups excluding tert-OH is 1. The molecule has 2 aliphatic rings. The van der Waals surface area contributed by atoms with Crippen molar-refractivity contribution in [3.05, 3.63) is 47.0 Å². The average molecular weight is 426 g/mol. The maximum atomic E-state index is 13.2. The van der Waals surface area contributed by atoms with Gasteiger partial charge in [0.1, 0.15) is 12.4 Å². The Morgan fingerprint density at radius 3 is 2.39 bits per heavy atom. The third kappa shape index (κ3) is 4.49. The lowest BCUT2D eigenvalue weighted by Gasteiger charge is -2.37. The number of carbonyl (C=O) groups is 2. The van der Waals surface area contributed by atoms with Crippen molar-refractivity contribution in [3.63, 3.8) is 0 Å². The lowest BCUT2D eigenvalue weighted by molar-refractivity contribution is -0.138. The lowest BCUT2D eigenvalue weighted by atomic mass is 9.91. The first-order valence-corrected chi connectivity index (χ1v) is 11.1. The number of carbonyl (C=O) groups excluding carboxylic acids is 2. The van der Waals surface area contributed by atoms with Gasteiger partial charge in [-0.2, -0.15) is 0 Å². The zero-order chi connectivity index (χ0) is 22.0. The van der Waals surface area contributed by atoms with Gasteiger partial charge in [0.15, 0.2) is 5.82 Å². The van der Waals surface area contributed by atoms with E-state index in [1.807, 2.05) is 52.6 Å². The summed E-state index contributed by atoms with van der Waals surface area (Å²) < 4.78 is 1.84. The second kappa shape index (κ2) is 9.18. The number of rotatable bonds is 4. The van der Waals surface area contributed by atoms with Gasteiger partial charge in [0.2, 0.25) is 5.91 Å². The Balaban J connectivity index is 1.34. The lowest BCUT2D eigenvalue weighted by Crippen LogP contribution is -2.47. The molecule has 8 heteroatoms. The molecule has 4 rings (SSSR count). The van der Waals surface area contributed by atoms with Crippen LogP contribution in [-0.4, -0.2) is 67.7 Å². The van der Waals surface area contributed by atoms with E-state index in [4.69, 9.17) is 0 Å². The number of hydrogen-bond donors (Lipinski definition) is 1. The van der Waals surface area contributed by atoms with Crippen molar-refractivity contribution in [2.45, 2.75) is 45.1 Å². The normalized spacial score (nSPS) is 20.2. The Morgan fingerprint density at radius 1 is 1.03 bits per heavy atom. The number of nitrogens with zero attached hydrogens (tertiary/aromatic N) is 5. The van der Waals surface area contributed by atoms with Gasteiger partial charge in [0.05, 0.1) is 0 Å². The van der Waals surface area contributed by atoms with Crippen LogP contribution in [0.1, 0.15) is 59.2 Å². The Kier molecular flexibility index (Phi) is 6.36. The summed E-state index contributed by atoms with van der Waals surface area (Å²) in [6.45, 7) is 4.50. The van der Waals surface area contributed by atoms with Crippen LogP contribution in [0.4, 0.5) is 0 Å². The quantitative estimate of drug-likeness (QED) is 0.808. The highest BCUT2D eigenvalue weighted by Crippen LogP contribution is 2.29. The minimum Gasteiger partial charge on any atom is -0.388 e. The van der Waals surface area contributed by atoms with Crippen molar-refractivity contribution < 1.29 is 14.7 Å². The highest BCUT2D eigenvalue weighted by Gasteiger charge is 2.34. The van der Waals surface area contributed by atoms with Crippen molar-refractivity contribution >= 4 is 11.8 Å². The van der Waals surface area contributed by atoms with Crippen LogP contribution in [0.15, 0.2) is 24.3 Å². The first-order valence-electron chi connectivity index (χ1n) is 11.1. The van der Waals surface area contributed by atoms with Crippen molar-refractivity contribution in [2.24, 2.45) is 13.0 Å². The summed E-state index contributed by atoms with van der Waals surface area (Å²) in [7, 11) is 1.86. The molecule has 0 bridgehead atoms. The monoisotopic (exact) mass is 425 g/mol. The number of aliphatic hydroxyl groups is 1. The standard InChI is InChI=1S/C23H31N5O3/c1-16-5-7-17(8-6-16)22(30)27-12-9-18(10-13-27)23(31)28-11-3-4-19(14-28)21-25-24-20(15-29)26(21)2/h5-8,18-19,29H,3-4,9-15H2,1-2H3. The summed E-state index contributed by atoms with van der Waals surface area (Å²) in [5, 5.41) is 17.7. The Bertz CT molecular complexity index is 931. The fourth-order valence-electron chi connectivity index (χ4n) is 4.72. The molecule has 0 aliphatic carbocycles. The molecule has 0 spiro atoms. The molecule has 0 saturated carbocycles. The molecule has 0 radical (unpaired) electrons. The zero-order valence-electron chi connectivity index (χ0n) is 18.3. The molecule has 2 aliphatic heterocycles. The van der Waals surface area contributed by atoms with E-state index in [0.717, 1.165) is 30.8 Å². The van der Waals surface area contributed by atoms with Gasteiger partial charge in [-0.25, -0.2) is 0 Å². The molecular weight excluding hydrogens is 394 g/mol. The van der Waals surface area contributed by atoms with Crippen LogP contribution in [0.2, 0.25) is 0 Å². The highest BCUT2D eigenvalue weighted by atomic mass is 16.3. The van der Waals surface area contributed by atoms with Gasteiger partial charge < -0.3 is 19.5 Å². The molecule has 1 atom stereocenters. The molecule has 31 heavy (non-hydrogen) atoms. The third-order valence-corrected chi connectivity index (χ3v) is 6.67. The number of hydrogen-bond acceptors (Lipinski definition) is 5. The molecule has 2 amide bonds. The van der Waals surface area contributed by atoms with Crippen LogP contribution in [0.5, 0.6) is 0 Å². The molecule has 8 nitrogen and oxygen atoms in total. The van der Waals surface area contributed by atoms with Gasteiger partial charge in [0.25, 0.3) is 5.91 Å². The highest BCUT2D eigenvalue weighted by molar-refractivity contribution is 5.94. The van der Waals surface area contributed by atoms with E-state index in [1.165, 1.54) is 0 Å². The second-order valence-corrected chi connectivity index (χ2v) is 8.75. The van der Waals surface area contributed by atoms with E-state index >= 15 is 0 Å². The Hall–Kier alpha value is -2.74. The van der Waals surface area contributed by atoms with E-state index < -0.39 is 0 Å². The largest absolute Gasteiger partial charge is 0.388 e. The summed E-state index contributed by atoms with van der Waals surface area (Å²) in [5.41, 5.74) is 1.84. The molecular formula is C23H31N5O3. The third-order valence-electron chi connectivity index (χ3n) is 6.67. The topological polar surface area (TPSA) is 91.6 Å². The fraction of sp³-hybridized carbons (Fsp3) is 0.565. The van der Waals surface area contributed by atoms with Crippen LogP contribution in [0.25, 0.3) is 0 Å². The van der Waals surface area contributed by atoms with Gasteiger partial charge >= 0.3 is 0 Å². The predicted octanol–water partition coefficient (Wildman–Crippen LogP) is 1.87. The second-order valence-electron chi connectivity index (χ2n) is 8.75. The zero-order valence-corrected chi connectivity index (χ0v) is 18.3. The summed E-state index contributed by atoms with van der Waals surface area (Å²) in [5.74, 6) is 1.72. The minimum atomic E-state index is -0.140. The molecule has 1 N–H and O–H groups in total. The van der Waals surface area contributed by atoms with Gasteiger partial charge in [-0.1, -0.05) is 17.7 Å². The molecule has 2 saturated heterocycles. The van der Waals surface area contributed by atoms with E-state index in [1.54, 1.807) is 0 Å². The average Bonchev–Trinajstić information content (AvgIpc) is 3.19. The number of piperidine rings is 2. The predicted molar refractivity (Wildman–Crippen MR) is 115 cm³/mol. The molecule has 166 valence electrons. The first-order chi connectivity index (χ1) is 15.0. The molecule has 2 aromatic rings. The summed E-state index contributed by atoms with van der Waals surface area (Å²) >= 11 is 0. The van der Waals surface area contributed by atoms with Crippen LogP contribution < -0.4 is 0 Å². The maximum absolute atomic E-state index is 13.2. The van der Waals surface area contributed by atoms with Crippen LogP contribution in [0, 0.1) is 12.8 Å².